The number of hydrogen-bond donors (Lipinski definition) is 2. The second-order valence-corrected chi connectivity index (χ2v) is 11.7. The number of alkyl halides is 2. The van der Waals surface area contributed by atoms with Crippen molar-refractivity contribution in [2.75, 3.05) is 32.8 Å². The predicted octanol–water partition coefficient (Wildman–Crippen LogP) is 3.39. The summed E-state index contributed by atoms with van der Waals surface area (Å²) in [5, 5.41) is 14.8. The van der Waals surface area contributed by atoms with Gasteiger partial charge in [0.1, 0.15) is 17.8 Å². The van der Waals surface area contributed by atoms with Gasteiger partial charge in [-0.1, -0.05) is 19.1 Å². The zero-order valence-corrected chi connectivity index (χ0v) is 24.7. The van der Waals surface area contributed by atoms with Gasteiger partial charge in [-0.2, -0.15) is 0 Å². The summed E-state index contributed by atoms with van der Waals surface area (Å²) in [6, 6.07) is 2.50. The highest BCUT2D eigenvalue weighted by molar-refractivity contribution is 7.11. The number of carbonyl (C=O) groups excluding carboxylic acids is 2. The Balaban J connectivity index is 1.55. The van der Waals surface area contributed by atoms with Crippen molar-refractivity contribution in [3.05, 3.63) is 63.0 Å². The van der Waals surface area contributed by atoms with E-state index in [0.29, 0.717) is 10.6 Å². The maximum absolute atomic E-state index is 15.4. The zero-order chi connectivity index (χ0) is 31.1. The molecule has 2 fully saturated rings. The molecular weight excluding hydrogens is 587 g/mol. The molecule has 0 spiro atoms. The molecule has 1 aromatic carbocycles. The van der Waals surface area contributed by atoms with Crippen LogP contribution in [-0.4, -0.2) is 88.3 Å². The standard InChI is InChI=1S/C29H32F3N5O5S/c1-4-16(27(39)40)11-36-13-20-22(26(36)38)29(31,32)14-37(20)12-19-21(28(41)42-5-2)23(17-7-6-8-18(30)15(17)3)35-24(34-19)25-33-9-10-43-25/h6-10,16,20,22-23H,4-5,11-14H2,1-3H3,(H,34,35)(H,39,40)/t16-,20+,22?,23+/m1/s1. The van der Waals surface area contributed by atoms with Crippen LogP contribution < -0.4 is 5.32 Å². The number of carboxylic acids is 1. The molecule has 1 unspecified atom stereocenters. The Morgan fingerprint density at radius 1 is 1.30 bits per heavy atom. The van der Waals surface area contributed by atoms with E-state index in [0.717, 1.165) is 0 Å². The number of carboxylic acid groups (broad SMARTS) is 1. The van der Waals surface area contributed by atoms with Gasteiger partial charge in [0.05, 0.1) is 24.6 Å². The molecule has 0 bridgehead atoms. The molecule has 0 radical (unpaired) electrons. The molecule has 1 aromatic heterocycles. The fraction of sp³-hybridized carbons (Fsp3) is 0.483. The van der Waals surface area contributed by atoms with Gasteiger partial charge in [0.2, 0.25) is 5.91 Å². The monoisotopic (exact) mass is 619 g/mol. The summed E-state index contributed by atoms with van der Waals surface area (Å²) in [6.07, 6.45) is 1.82. The predicted molar refractivity (Wildman–Crippen MR) is 151 cm³/mol. The van der Waals surface area contributed by atoms with Crippen LogP contribution >= 0.6 is 11.3 Å². The number of aliphatic imine (C=N–C) groups is 1. The summed E-state index contributed by atoms with van der Waals surface area (Å²) < 4.78 is 50.9. The summed E-state index contributed by atoms with van der Waals surface area (Å²) >= 11 is 1.27. The number of fused-ring (bicyclic) bond motifs is 1. The number of nitrogens with zero attached hydrogens (tertiary/aromatic N) is 4. The van der Waals surface area contributed by atoms with E-state index in [1.54, 1.807) is 38.4 Å². The fourth-order valence-electron chi connectivity index (χ4n) is 6.01. The average molecular weight is 620 g/mol. The van der Waals surface area contributed by atoms with Gasteiger partial charge in [-0.25, -0.2) is 22.9 Å². The number of rotatable bonds is 10. The minimum Gasteiger partial charge on any atom is -0.481 e. The SMILES string of the molecule is CCOC(=O)C1=C(CN2CC(F)(F)C3C(=O)N(C[C@@H](CC)C(=O)O)C[C@@H]32)NC(c2nccs2)=N[C@H]1c1cccc(F)c1C. The van der Waals surface area contributed by atoms with Crippen LogP contribution in [0.2, 0.25) is 0 Å². The van der Waals surface area contributed by atoms with E-state index in [2.05, 4.69) is 10.3 Å². The fourth-order valence-corrected chi connectivity index (χ4v) is 6.60. The highest BCUT2D eigenvalue weighted by Gasteiger charge is 2.63. The number of hydrogen-bond acceptors (Lipinski definition) is 9. The molecule has 2 aromatic rings. The first kappa shape index (κ1) is 30.7. The Labute approximate surface area is 250 Å². The van der Waals surface area contributed by atoms with Crippen LogP contribution in [0.4, 0.5) is 13.2 Å². The van der Waals surface area contributed by atoms with Gasteiger partial charge in [-0.05, 0) is 37.5 Å². The normalized spacial score (nSPS) is 24.0. The summed E-state index contributed by atoms with van der Waals surface area (Å²) in [5.41, 5.74) is 0.945. The van der Waals surface area contributed by atoms with E-state index in [1.807, 2.05) is 0 Å². The van der Waals surface area contributed by atoms with Crippen molar-refractivity contribution in [3.63, 3.8) is 0 Å². The maximum Gasteiger partial charge on any atom is 0.338 e. The molecule has 3 aliphatic heterocycles. The van der Waals surface area contributed by atoms with Crippen LogP contribution in [0.3, 0.4) is 0 Å². The van der Waals surface area contributed by atoms with Crippen LogP contribution in [0.1, 0.15) is 42.4 Å². The number of aromatic nitrogens is 1. The molecule has 1 amide bonds. The number of nitrogens with one attached hydrogen (secondary N) is 1. The van der Waals surface area contributed by atoms with Gasteiger partial charge in [0, 0.05) is 43.0 Å². The second kappa shape index (κ2) is 12.1. The molecule has 230 valence electrons. The van der Waals surface area contributed by atoms with Crippen LogP contribution in [0, 0.1) is 24.6 Å². The molecule has 43 heavy (non-hydrogen) atoms. The van der Waals surface area contributed by atoms with Gasteiger partial charge in [-0.15, -0.1) is 11.3 Å². The van der Waals surface area contributed by atoms with Crippen molar-refractivity contribution in [1.82, 2.24) is 20.1 Å². The third-order valence-corrected chi connectivity index (χ3v) is 8.99. The van der Waals surface area contributed by atoms with Crippen LogP contribution in [-0.2, 0) is 19.1 Å². The minimum atomic E-state index is -3.38. The number of esters is 1. The number of amides is 1. The molecule has 4 heterocycles. The van der Waals surface area contributed by atoms with Gasteiger partial charge in [0.25, 0.3) is 5.92 Å². The number of benzene rings is 1. The molecule has 0 aliphatic carbocycles. The number of halogens is 3. The number of carbonyl (C=O) groups is 3. The quantitative estimate of drug-likeness (QED) is 0.388. The second-order valence-electron chi connectivity index (χ2n) is 10.8. The molecule has 10 nitrogen and oxygen atoms in total. The topological polar surface area (TPSA) is 124 Å². The maximum atomic E-state index is 15.4. The van der Waals surface area contributed by atoms with E-state index in [9.17, 15) is 23.9 Å². The van der Waals surface area contributed by atoms with E-state index in [-0.39, 0.29) is 55.3 Å². The van der Waals surface area contributed by atoms with Gasteiger partial charge < -0.3 is 20.1 Å². The Hall–Kier alpha value is -3.78. The molecule has 5 rings (SSSR count). The molecule has 0 saturated carbocycles. The number of likely N-dealkylation sites (tertiary alicyclic amines) is 2. The third kappa shape index (κ3) is 5.77. The largest absolute Gasteiger partial charge is 0.481 e. The minimum absolute atomic E-state index is 0.0334. The van der Waals surface area contributed by atoms with E-state index >= 15 is 8.78 Å². The van der Waals surface area contributed by atoms with Crippen molar-refractivity contribution in [3.8, 4) is 0 Å². The van der Waals surface area contributed by atoms with Crippen LogP contribution in [0.5, 0.6) is 0 Å². The summed E-state index contributed by atoms with van der Waals surface area (Å²) in [5.74, 6) is -8.75. The number of amidine groups is 1. The lowest BCUT2D eigenvalue weighted by Gasteiger charge is -2.31. The van der Waals surface area contributed by atoms with Crippen molar-refractivity contribution in [2.45, 2.75) is 45.2 Å². The van der Waals surface area contributed by atoms with Crippen molar-refractivity contribution in [1.29, 1.82) is 0 Å². The first-order valence-corrected chi connectivity index (χ1v) is 14.9. The Morgan fingerprint density at radius 2 is 2.07 bits per heavy atom. The zero-order valence-electron chi connectivity index (χ0n) is 23.8. The third-order valence-electron chi connectivity index (χ3n) is 8.21. The highest BCUT2D eigenvalue weighted by Crippen LogP contribution is 2.44. The summed E-state index contributed by atoms with van der Waals surface area (Å²) in [6.45, 7) is 3.71. The first-order valence-electron chi connectivity index (χ1n) is 14.0. The lowest BCUT2D eigenvalue weighted by atomic mass is 9.92. The molecule has 2 N–H and O–H groups in total. The summed E-state index contributed by atoms with van der Waals surface area (Å²) in [7, 11) is 0. The Kier molecular flexibility index (Phi) is 8.61. The van der Waals surface area contributed by atoms with Crippen LogP contribution in [0.15, 0.2) is 46.0 Å². The average Bonchev–Trinajstić information content (AvgIpc) is 3.66. The lowest BCUT2D eigenvalue weighted by Crippen LogP contribution is -2.44. The van der Waals surface area contributed by atoms with Gasteiger partial charge in [0.15, 0.2) is 10.8 Å². The smallest absolute Gasteiger partial charge is 0.338 e. The van der Waals surface area contributed by atoms with E-state index < -0.39 is 60.0 Å². The number of aliphatic carboxylic acids is 1. The van der Waals surface area contributed by atoms with E-state index in [4.69, 9.17) is 9.73 Å². The van der Waals surface area contributed by atoms with Gasteiger partial charge in [-0.3, -0.25) is 19.5 Å². The van der Waals surface area contributed by atoms with Crippen molar-refractivity contribution < 1.29 is 37.4 Å². The number of thiazole rings is 1. The molecular formula is C29H32F3N5O5S. The molecule has 2 saturated heterocycles. The number of ether oxygens (including phenoxy) is 1. The highest BCUT2D eigenvalue weighted by atomic mass is 32.1. The van der Waals surface area contributed by atoms with Crippen molar-refractivity contribution in [2.24, 2.45) is 16.8 Å². The molecule has 3 aliphatic rings. The van der Waals surface area contributed by atoms with Crippen molar-refractivity contribution >= 4 is 35.0 Å². The summed E-state index contributed by atoms with van der Waals surface area (Å²) in [4.78, 5) is 49.9. The Bertz CT molecular complexity index is 1480. The van der Waals surface area contributed by atoms with Gasteiger partial charge >= 0.3 is 11.9 Å². The van der Waals surface area contributed by atoms with Crippen LogP contribution in [0.25, 0.3) is 0 Å². The van der Waals surface area contributed by atoms with E-state index in [1.165, 1.54) is 33.3 Å². The molecule has 4 atom stereocenters. The molecule has 14 heteroatoms. The first-order chi connectivity index (χ1) is 20.5. The lowest BCUT2D eigenvalue weighted by molar-refractivity contribution is -0.145. The Morgan fingerprint density at radius 3 is 2.72 bits per heavy atom.